The lowest BCUT2D eigenvalue weighted by atomic mass is 10.0. The number of anilines is 3. The summed E-state index contributed by atoms with van der Waals surface area (Å²) in [6.45, 7) is 0. The van der Waals surface area contributed by atoms with Crippen LogP contribution in [0.5, 0.6) is 0 Å². The lowest BCUT2D eigenvalue weighted by molar-refractivity contribution is 0.668. The fourth-order valence-electron chi connectivity index (χ4n) is 7.85. The SMILES string of the molecule is c1ccc(-n2c3ccccc3c3cc(N(c4ccc5c(c4)oc4ccccc45)c4ccc5oc6cc7ccccc7cc6c5c4)ccc32)cc1. The molecule has 4 nitrogen and oxygen atoms in total. The van der Waals surface area contributed by atoms with Gasteiger partial charge < -0.3 is 18.3 Å². The monoisotopic (exact) mass is 640 g/mol. The summed E-state index contributed by atoms with van der Waals surface area (Å²) in [6, 6.07) is 60.2. The van der Waals surface area contributed by atoms with E-state index >= 15 is 0 Å². The molecule has 4 heteroatoms. The Morgan fingerprint density at radius 1 is 0.340 bits per heavy atom. The molecule has 0 unspecified atom stereocenters. The quantitative estimate of drug-likeness (QED) is 0.192. The van der Waals surface area contributed by atoms with Crippen LogP contribution in [0.3, 0.4) is 0 Å². The maximum Gasteiger partial charge on any atom is 0.137 e. The Bertz CT molecular complexity index is 3110. The fourth-order valence-corrected chi connectivity index (χ4v) is 7.85. The molecule has 0 aliphatic carbocycles. The molecule has 0 amide bonds. The third-order valence-electron chi connectivity index (χ3n) is 10.1. The molecule has 0 aliphatic rings. The van der Waals surface area contributed by atoms with Gasteiger partial charge in [-0.3, -0.25) is 0 Å². The standard InChI is InChI=1S/C46H28N2O2/c1-2-12-31(13-3-1)48-41-16-8-6-14-35(41)38-26-32(19-22-42(38)48)47(34-18-21-37-36-15-7-9-17-43(36)49-46(37)28-34)33-20-23-44-40(27-33)39-24-29-10-4-5-11-30(29)25-45(39)50-44/h1-28H. The molecule has 0 N–H and O–H groups in total. The van der Waals surface area contributed by atoms with Crippen LogP contribution in [-0.4, -0.2) is 4.57 Å². The number of para-hydroxylation sites is 3. The van der Waals surface area contributed by atoms with E-state index < -0.39 is 0 Å². The fraction of sp³-hybridized carbons (Fsp3) is 0. The lowest BCUT2D eigenvalue weighted by Crippen LogP contribution is -2.09. The molecule has 234 valence electrons. The average Bonchev–Trinajstić information content (AvgIpc) is 3.83. The van der Waals surface area contributed by atoms with E-state index in [1.54, 1.807) is 0 Å². The number of rotatable bonds is 4. The molecule has 50 heavy (non-hydrogen) atoms. The van der Waals surface area contributed by atoms with Crippen LogP contribution in [0.15, 0.2) is 179 Å². The molecule has 0 atom stereocenters. The van der Waals surface area contributed by atoms with E-state index in [1.165, 1.54) is 27.1 Å². The second-order valence-electron chi connectivity index (χ2n) is 13.0. The van der Waals surface area contributed by atoms with E-state index in [0.717, 1.165) is 72.1 Å². The highest BCUT2D eigenvalue weighted by Crippen LogP contribution is 2.43. The van der Waals surface area contributed by atoms with Crippen LogP contribution in [-0.2, 0) is 0 Å². The van der Waals surface area contributed by atoms with Gasteiger partial charge in [-0.1, -0.05) is 78.9 Å². The maximum atomic E-state index is 6.41. The molecule has 0 saturated heterocycles. The molecule has 0 radical (unpaired) electrons. The first-order valence-corrected chi connectivity index (χ1v) is 16.9. The summed E-state index contributed by atoms with van der Waals surface area (Å²) in [5, 5.41) is 9.18. The molecule has 11 aromatic rings. The Morgan fingerprint density at radius 2 is 0.900 bits per heavy atom. The van der Waals surface area contributed by atoms with Crippen LogP contribution in [0.1, 0.15) is 0 Å². The van der Waals surface area contributed by atoms with Crippen molar-refractivity contribution in [3.8, 4) is 5.69 Å². The molecular formula is C46H28N2O2. The molecule has 0 aliphatic heterocycles. The van der Waals surface area contributed by atoms with Crippen molar-refractivity contribution in [2.45, 2.75) is 0 Å². The third-order valence-corrected chi connectivity index (χ3v) is 10.1. The lowest BCUT2D eigenvalue weighted by Gasteiger charge is -2.26. The minimum absolute atomic E-state index is 0.858. The van der Waals surface area contributed by atoms with E-state index in [4.69, 9.17) is 8.83 Å². The molecule has 0 spiro atoms. The first-order valence-electron chi connectivity index (χ1n) is 16.9. The second-order valence-corrected chi connectivity index (χ2v) is 13.0. The highest BCUT2D eigenvalue weighted by molar-refractivity contribution is 6.13. The zero-order valence-corrected chi connectivity index (χ0v) is 26.9. The van der Waals surface area contributed by atoms with E-state index in [0.29, 0.717) is 0 Å². The predicted molar refractivity (Wildman–Crippen MR) is 208 cm³/mol. The van der Waals surface area contributed by atoms with E-state index in [2.05, 4.69) is 167 Å². The van der Waals surface area contributed by atoms with Crippen molar-refractivity contribution < 1.29 is 8.83 Å². The summed E-state index contributed by atoms with van der Waals surface area (Å²) in [4.78, 5) is 2.33. The Hall–Kier alpha value is -6.78. The molecule has 8 aromatic carbocycles. The van der Waals surface area contributed by atoms with Gasteiger partial charge in [0.1, 0.15) is 22.3 Å². The van der Waals surface area contributed by atoms with Crippen LogP contribution in [0.2, 0.25) is 0 Å². The van der Waals surface area contributed by atoms with E-state index in [-0.39, 0.29) is 0 Å². The Kier molecular flexibility index (Phi) is 5.63. The molecule has 0 fully saturated rings. The topological polar surface area (TPSA) is 34.5 Å². The summed E-state index contributed by atoms with van der Waals surface area (Å²) in [7, 11) is 0. The van der Waals surface area contributed by atoms with Gasteiger partial charge in [0.2, 0.25) is 0 Å². The normalized spacial score (nSPS) is 12.0. The number of fused-ring (bicyclic) bond motifs is 10. The van der Waals surface area contributed by atoms with Crippen molar-refractivity contribution in [2.75, 3.05) is 4.90 Å². The Balaban J connectivity index is 1.17. The van der Waals surface area contributed by atoms with Crippen LogP contribution in [0.25, 0.3) is 82.1 Å². The number of aromatic nitrogens is 1. The number of hydrogen-bond acceptors (Lipinski definition) is 3. The number of benzene rings is 8. The van der Waals surface area contributed by atoms with Crippen molar-refractivity contribution in [3.63, 3.8) is 0 Å². The molecule has 11 rings (SSSR count). The zero-order chi connectivity index (χ0) is 32.8. The van der Waals surface area contributed by atoms with Crippen LogP contribution >= 0.6 is 0 Å². The summed E-state index contributed by atoms with van der Waals surface area (Å²) in [6.07, 6.45) is 0. The largest absolute Gasteiger partial charge is 0.456 e. The van der Waals surface area contributed by atoms with E-state index in [9.17, 15) is 0 Å². The minimum Gasteiger partial charge on any atom is -0.456 e. The summed E-state index contributed by atoms with van der Waals surface area (Å²) in [5.74, 6) is 0. The smallest absolute Gasteiger partial charge is 0.137 e. The van der Waals surface area contributed by atoms with Gasteiger partial charge in [-0.15, -0.1) is 0 Å². The Morgan fingerprint density at radius 3 is 1.76 bits per heavy atom. The van der Waals surface area contributed by atoms with Crippen molar-refractivity contribution in [1.29, 1.82) is 0 Å². The van der Waals surface area contributed by atoms with Gasteiger partial charge in [0, 0.05) is 61.1 Å². The highest BCUT2D eigenvalue weighted by Gasteiger charge is 2.20. The molecular weight excluding hydrogens is 613 g/mol. The van der Waals surface area contributed by atoms with Gasteiger partial charge in [-0.05, 0) is 95.7 Å². The molecule has 0 saturated carbocycles. The summed E-state index contributed by atoms with van der Waals surface area (Å²) in [5.41, 5.74) is 10.1. The molecule has 3 aromatic heterocycles. The number of hydrogen-bond donors (Lipinski definition) is 0. The predicted octanol–water partition coefficient (Wildman–Crippen LogP) is 13.2. The van der Waals surface area contributed by atoms with Gasteiger partial charge in [0.05, 0.1) is 11.0 Å². The van der Waals surface area contributed by atoms with Crippen LogP contribution in [0, 0.1) is 0 Å². The first kappa shape index (κ1) is 27.2. The van der Waals surface area contributed by atoms with Crippen molar-refractivity contribution >= 4 is 93.5 Å². The Labute approximate surface area is 286 Å². The van der Waals surface area contributed by atoms with Gasteiger partial charge in [-0.2, -0.15) is 0 Å². The van der Waals surface area contributed by atoms with Gasteiger partial charge in [-0.25, -0.2) is 0 Å². The summed E-state index contributed by atoms with van der Waals surface area (Å²) >= 11 is 0. The minimum atomic E-state index is 0.858. The van der Waals surface area contributed by atoms with Crippen molar-refractivity contribution in [2.24, 2.45) is 0 Å². The van der Waals surface area contributed by atoms with Gasteiger partial charge in [0.25, 0.3) is 0 Å². The third kappa shape index (κ3) is 3.99. The first-order chi connectivity index (χ1) is 24.8. The molecule has 0 bridgehead atoms. The average molecular weight is 641 g/mol. The number of nitrogens with zero attached hydrogens (tertiary/aromatic N) is 2. The van der Waals surface area contributed by atoms with Crippen LogP contribution < -0.4 is 4.90 Å². The van der Waals surface area contributed by atoms with Gasteiger partial charge >= 0.3 is 0 Å². The number of furan rings is 2. The highest BCUT2D eigenvalue weighted by atomic mass is 16.3. The second kappa shape index (κ2) is 10.4. The van der Waals surface area contributed by atoms with Crippen LogP contribution in [0.4, 0.5) is 17.1 Å². The van der Waals surface area contributed by atoms with Gasteiger partial charge in [0.15, 0.2) is 0 Å². The summed E-state index contributed by atoms with van der Waals surface area (Å²) < 4.78 is 15.2. The van der Waals surface area contributed by atoms with Crippen molar-refractivity contribution in [3.05, 3.63) is 170 Å². The van der Waals surface area contributed by atoms with E-state index in [1.807, 2.05) is 12.1 Å². The van der Waals surface area contributed by atoms with Crippen molar-refractivity contribution in [1.82, 2.24) is 4.57 Å². The zero-order valence-electron chi connectivity index (χ0n) is 26.9. The molecule has 3 heterocycles. The maximum absolute atomic E-state index is 6.41.